The minimum absolute atomic E-state index is 0.123. The van der Waals surface area contributed by atoms with E-state index in [0.29, 0.717) is 6.61 Å². The number of ether oxygens (including phenoxy) is 2. The first kappa shape index (κ1) is 12.6. The van der Waals surface area contributed by atoms with Crippen molar-refractivity contribution in [1.29, 1.82) is 0 Å². The molecule has 1 rings (SSSR count). The summed E-state index contributed by atoms with van der Waals surface area (Å²) in [7, 11) is 0. The molecule has 0 radical (unpaired) electrons. The van der Waals surface area contributed by atoms with Gasteiger partial charge in [0.2, 0.25) is 0 Å². The monoisotopic (exact) mass is 220 g/mol. The van der Waals surface area contributed by atoms with Gasteiger partial charge < -0.3 is 14.6 Å². The fourth-order valence-electron chi connectivity index (χ4n) is 1.19. The number of aliphatic hydroxyl groups excluding tert-OH is 1. The van der Waals surface area contributed by atoms with Crippen molar-refractivity contribution in [3.8, 4) is 17.6 Å². The van der Waals surface area contributed by atoms with Gasteiger partial charge in [-0.3, -0.25) is 0 Å². The Morgan fingerprint density at radius 2 is 2.19 bits per heavy atom. The molecule has 0 aliphatic carbocycles. The first-order valence-corrected chi connectivity index (χ1v) is 5.19. The minimum atomic E-state index is -0.123. The molecule has 3 heteroatoms. The fourth-order valence-corrected chi connectivity index (χ4v) is 1.19. The Kier molecular flexibility index (Phi) is 5.41. The Hall–Kier alpha value is -1.50. The van der Waals surface area contributed by atoms with Gasteiger partial charge in [0.05, 0.1) is 0 Å². The third-order valence-electron chi connectivity index (χ3n) is 2.01. The van der Waals surface area contributed by atoms with Crippen molar-refractivity contribution < 1.29 is 14.6 Å². The van der Waals surface area contributed by atoms with Crippen LogP contribution >= 0.6 is 0 Å². The second kappa shape index (κ2) is 6.89. The molecule has 0 spiro atoms. The SMILES string of the molecule is CCOCOc1ccc(C#CCO)c(C)c1. The van der Waals surface area contributed by atoms with Crippen LogP contribution in [0, 0.1) is 18.8 Å². The molecule has 3 nitrogen and oxygen atoms in total. The standard InChI is InChI=1S/C13H16O3/c1-3-15-10-16-13-7-6-12(5-4-8-14)11(2)9-13/h6-7,9,14H,3,8,10H2,1-2H3. The lowest BCUT2D eigenvalue weighted by Gasteiger charge is -2.07. The zero-order valence-corrected chi connectivity index (χ0v) is 9.62. The molecular weight excluding hydrogens is 204 g/mol. The molecule has 0 aliphatic heterocycles. The van der Waals surface area contributed by atoms with Crippen molar-refractivity contribution in [2.24, 2.45) is 0 Å². The van der Waals surface area contributed by atoms with Crippen molar-refractivity contribution in [1.82, 2.24) is 0 Å². The lowest BCUT2D eigenvalue weighted by molar-refractivity contribution is 0.0224. The summed E-state index contributed by atoms with van der Waals surface area (Å²) >= 11 is 0. The average molecular weight is 220 g/mol. The molecule has 86 valence electrons. The van der Waals surface area contributed by atoms with Crippen LogP contribution in [0.2, 0.25) is 0 Å². The molecule has 1 aromatic carbocycles. The van der Waals surface area contributed by atoms with Gasteiger partial charge in [0, 0.05) is 12.2 Å². The van der Waals surface area contributed by atoms with Crippen LogP contribution in [-0.4, -0.2) is 25.1 Å². The summed E-state index contributed by atoms with van der Waals surface area (Å²) in [6.07, 6.45) is 0. The molecule has 0 aromatic heterocycles. The maximum absolute atomic E-state index is 8.60. The van der Waals surface area contributed by atoms with E-state index in [-0.39, 0.29) is 13.4 Å². The van der Waals surface area contributed by atoms with E-state index in [1.807, 2.05) is 32.0 Å². The number of aryl methyl sites for hydroxylation is 1. The second-order valence-electron chi connectivity index (χ2n) is 3.19. The smallest absolute Gasteiger partial charge is 0.189 e. The van der Waals surface area contributed by atoms with Gasteiger partial charge in [0.1, 0.15) is 12.4 Å². The maximum atomic E-state index is 8.60. The molecule has 0 amide bonds. The summed E-state index contributed by atoms with van der Waals surface area (Å²) in [5.41, 5.74) is 1.92. The molecule has 0 saturated heterocycles. The molecule has 0 saturated carbocycles. The molecule has 0 unspecified atom stereocenters. The summed E-state index contributed by atoms with van der Waals surface area (Å²) < 4.78 is 10.5. The van der Waals surface area contributed by atoms with E-state index in [1.54, 1.807) is 0 Å². The van der Waals surface area contributed by atoms with Crippen LogP contribution in [0.15, 0.2) is 18.2 Å². The average Bonchev–Trinajstić information content (AvgIpc) is 2.28. The predicted octanol–water partition coefficient (Wildman–Crippen LogP) is 1.71. The highest BCUT2D eigenvalue weighted by Crippen LogP contribution is 2.16. The Balaban J connectivity index is 2.67. The lowest BCUT2D eigenvalue weighted by atomic mass is 10.1. The molecule has 0 bridgehead atoms. The molecule has 1 aromatic rings. The van der Waals surface area contributed by atoms with E-state index in [0.717, 1.165) is 16.9 Å². The van der Waals surface area contributed by atoms with Crippen LogP contribution in [0.1, 0.15) is 18.1 Å². The van der Waals surface area contributed by atoms with Gasteiger partial charge in [0.15, 0.2) is 6.79 Å². The molecule has 0 fully saturated rings. The first-order valence-electron chi connectivity index (χ1n) is 5.19. The highest BCUT2D eigenvalue weighted by molar-refractivity contribution is 5.44. The van der Waals surface area contributed by atoms with Crippen LogP contribution in [0.25, 0.3) is 0 Å². The molecule has 16 heavy (non-hydrogen) atoms. The van der Waals surface area contributed by atoms with Crippen molar-refractivity contribution in [2.45, 2.75) is 13.8 Å². The highest BCUT2D eigenvalue weighted by Gasteiger charge is 1.98. The van der Waals surface area contributed by atoms with Crippen molar-refractivity contribution in [2.75, 3.05) is 20.0 Å². The van der Waals surface area contributed by atoms with Crippen LogP contribution < -0.4 is 4.74 Å². The van der Waals surface area contributed by atoms with Gasteiger partial charge in [-0.2, -0.15) is 0 Å². The largest absolute Gasteiger partial charge is 0.468 e. The van der Waals surface area contributed by atoms with Crippen molar-refractivity contribution in [3.05, 3.63) is 29.3 Å². The van der Waals surface area contributed by atoms with E-state index in [2.05, 4.69) is 11.8 Å². The summed E-state index contributed by atoms with van der Waals surface area (Å²) in [5.74, 6) is 6.25. The Labute approximate surface area is 96.0 Å². The normalized spacial score (nSPS) is 9.44. The van der Waals surface area contributed by atoms with Gasteiger partial charge in [-0.1, -0.05) is 11.8 Å². The van der Waals surface area contributed by atoms with E-state index >= 15 is 0 Å². The van der Waals surface area contributed by atoms with E-state index in [4.69, 9.17) is 14.6 Å². The summed E-state index contributed by atoms with van der Waals surface area (Å²) in [4.78, 5) is 0. The summed E-state index contributed by atoms with van der Waals surface area (Å²) in [6.45, 7) is 4.65. The van der Waals surface area contributed by atoms with Gasteiger partial charge in [-0.25, -0.2) is 0 Å². The summed E-state index contributed by atoms with van der Waals surface area (Å²) in [6, 6.07) is 5.62. The lowest BCUT2D eigenvalue weighted by Crippen LogP contribution is -2.02. The Morgan fingerprint density at radius 3 is 2.81 bits per heavy atom. The van der Waals surface area contributed by atoms with Crippen LogP contribution in [0.3, 0.4) is 0 Å². The fraction of sp³-hybridized carbons (Fsp3) is 0.385. The Morgan fingerprint density at radius 1 is 1.38 bits per heavy atom. The van der Waals surface area contributed by atoms with Gasteiger partial charge in [-0.05, 0) is 37.6 Å². The van der Waals surface area contributed by atoms with Gasteiger partial charge >= 0.3 is 0 Å². The topological polar surface area (TPSA) is 38.7 Å². The van der Waals surface area contributed by atoms with Crippen molar-refractivity contribution in [3.63, 3.8) is 0 Å². The third kappa shape index (κ3) is 3.93. The number of rotatable bonds is 4. The van der Waals surface area contributed by atoms with Crippen molar-refractivity contribution >= 4 is 0 Å². The van der Waals surface area contributed by atoms with Gasteiger partial charge in [0.25, 0.3) is 0 Å². The van der Waals surface area contributed by atoms with E-state index in [1.165, 1.54) is 0 Å². The molecular formula is C13H16O3. The molecule has 1 N–H and O–H groups in total. The zero-order valence-electron chi connectivity index (χ0n) is 9.62. The van der Waals surface area contributed by atoms with Crippen LogP contribution in [0.5, 0.6) is 5.75 Å². The third-order valence-corrected chi connectivity index (χ3v) is 2.01. The van der Waals surface area contributed by atoms with Crippen LogP contribution in [-0.2, 0) is 4.74 Å². The van der Waals surface area contributed by atoms with E-state index < -0.39 is 0 Å². The number of benzene rings is 1. The van der Waals surface area contributed by atoms with Crippen LogP contribution in [0.4, 0.5) is 0 Å². The molecule has 0 atom stereocenters. The number of aliphatic hydroxyl groups is 1. The van der Waals surface area contributed by atoms with E-state index in [9.17, 15) is 0 Å². The molecule has 0 aliphatic rings. The first-order chi connectivity index (χ1) is 7.77. The number of hydrogen-bond donors (Lipinski definition) is 1. The Bertz CT molecular complexity index is 388. The quantitative estimate of drug-likeness (QED) is 0.477. The number of hydrogen-bond acceptors (Lipinski definition) is 3. The second-order valence-corrected chi connectivity index (χ2v) is 3.19. The summed E-state index contributed by atoms with van der Waals surface area (Å²) in [5, 5.41) is 8.60. The molecule has 0 heterocycles. The minimum Gasteiger partial charge on any atom is -0.468 e. The predicted molar refractivity (Wildman–Crippen MR) is 62.3 cm³/mol. The highest BCUT2D eigenvalue weighted by atomic mass is 16.7. The zero-order chi connectivity index (χ0) is 11.8. The van der Waals surface area contributed by atoms with Gasteiger partial charge in [-0.15, -0.1) is 0 Å². The maximum Gasteiger partial charge on any atom is 0.189 e.